The minimum Gasteiger partial charge on any atom is -0.497 e. The van der Waals surface area contributed by atoms with Crippen LogP contribution in [-0.2, 0) is 6.54 Å². The van der Waals surface area contributed by atoms with Crippen LogP contribution in [0.5, 0.6) is 5.75 Å². The quantitative estimate of drug-likeness (QED) is 0.695. The van der Waals surface area contributed by atoms with E-state index in [1.807, 2.05) is 35.8 Å². The molecule has 7 nitrogen and oxygen atoms in total. The first-order valence-corrected chi connectivity index (χ1v) is 9.03. The highest BCUT2D eigenvalue weighted by Gasteiger charge is 2.20. The van der Waals surface area contributed by atoms with Crippen LogP contribution >= 0.6 is 11.3 Å². The van der Waals surface area contributed by atoms with E-state index in [0.29, 0.717) is 18.3 Å². The number of nitrogens with zero attached hydrogens (tertiary/aromatic N) is 5. The Kier molecular flexibility index (Phi) is 4.62. The molecule has 0 aliphatic carbocycles. The van der Waals surface area contributed by atoms with E-state index in [2.05, 4.69) is 24.9 Å². The molecule has 0 spiro atoms. The summed E-state index contributed by atoms with van der Waals surface area (Å²) in [5.41, 5.74) is 0.896. The normalized spacial score (nSPS) is 15.5. The lowest BCUT2D eigenvalue weighted by Gasteiger charge is -2.33. The zero-order chi connectivity index (χ0) is 17.1. The maximum atomic E-state index is 5.40. The van der Waals surface area contributed by atoms with Crippen molar-refractivity contribution >= 4 is 16.5 Å². The van der Waals surface area contributed by atoms with Gasteiger partial charge in [0.05, 0.1) is 13.7 Å². The minimum absolute atomic E-state index is 0.541. The predicted octanol–water partition coefficient (Wildman–Crippen LogP) is 2.52. The predicted molar refractivity (Wildman–Crippen MR) is 95.9 cm³/mol. The molecule has 0 saturated carbocycles. The third kappa shape index (κ3) is 3.64. The number of anilines is 1. The van der Waals surface area contributed by atoms with Gasteiger partial charge in [0.25, 0.3) is 5.89 Å². The highest BCUT2D eigenvalue weighted by Crippen LogP contribution is 2.22. The zero-order valence-corrected chi connectivity index (χ0v) is 14.8. The monoisotopic (exact) mass is 357 g/mol. The summed E-state index contributed by atoms with van der Waals surface area (Å²) in [6.45, 7) is 4.57. The first-order chi connectivity index (χ1) is 12.3. The van der Waals surface area contributed by atoms with Gasteiger partial charge in [-0.15, -0.1) is 11.3 Å². The Morgan fingerprint density at radius 3 is 2.64 bits per heavy atom. The van der Waals surface area contributed by atoms with E-state index in [9.17, 15) is 0 Å². The van der Waals surface area contributed by atoms with Gasteiger partial charge in [-0.05, 0) is 24.3 Å². The number of methoxy groups -OCH3 is 1. The summed E-state index contributed by atoms with van der Waals surface area (Å²) in [6.07, 6.45) is 1.85. The van der Waals surface area contributed by atoms with Gasteiger partial charge in [0.1, 0.15) is 5.75 Å². The lowest BCUT2D eigenvalue weighted by molar-refractivity contribution is 0.240. The van der Waals surface area contributed by atoms with E-state index in [0.717, 1.165) is 42.6 Å². The first kappa shape index (κ1) is 16.0. The minimum atomic E-state index is 0.541. The molecule has 1 saturated heterocycles. The Morgan fingerprint density at radius 1 is 1.16 bits per heavy atom. The SMILES string of the molecule is COc1ccc(-c2nc(CN3CCN(c4nccs4)CC3)no2)cc1. The van der Waals surface area contributed by atoms with Crippen LogP contribution in [-0.4, -0.2) is 53.3 Å². The molecule has 0 radical (unpaired) electrons. The molecule has 1 aliphatic rings. The van der Waals surface area contributed by atoms with Crippen LogP contribution < -0.4 is 9.64 Å². The number of rotatable bonds is 5. The molecule has 4 rings (SSSR count). The second-order valence-electron chi connectivity index (χ2n) is 5.82. The fourth-order valence-electron chi connectivity index (χ4n) is 2.84. The van der Waals surface area contributed by atoms with Gasteiger partial charge in [0.2, 0.25) is 0 Å². The molecule has 1 aliphatic heterocycles. The number of hydrogen-bond donors (Lipinski definition) is 0. The molecule has 130 valence electrons. The number of hydrogen-bond acceptors (Lipinski definition) is 8. The Bertz CT molecular complexity index is 795. The molecule has 2 aromatic heterocycles. The lowest BCUT2D eigenvalue weighted by Crippen LogP contribution is -2.46. The summed E-state index contributed by atoms with van der Waals surface area (Å²) < 4.78 is 10.6. The van der Waals surface area contributed by atoms with Gasteiger partial charge in [-0.2, -0.15) is 4.98 Å². The van der Waals surface area contributed by atoms with E-state index in [4.69, 9.17) is 9.26 Å². The molecule has 0 N–H and O–H groups in total. The van der Waals surface area contributed by atoms with E-state index in [-0.39, 0.29) is 0 Å². The van der Waals surface area contributed by atoms with Gasteiger partial charge in [-0.25, -0.2) is 4.98 Å². The molecule has 3 aromatic rings. The highest BCUT2D eigenvalue weighted by atomic mass is 32.1. The Labute approximate surface area is 149 Å². The van der Waals surface area contributed by atoms with Gasteiger partial charge >= 0.3 is 0 Å². The number of benzene rings is 1. The van der Waals surface area contributed by atoms with Crippen LogP contribution in [0.2, 0.25) is 0 Å². The molecule has 0 bridgehead atoms. The highest BCUT2D eigenvalue weighted by molar-refractivity contribution is 7.13. The van der Waals surface area contributed by atoms with Crippen LogP contribution in [0.3, 0.4) is 0 Å². The van der Waals surface area contributed by atoms with Crippen molar-refractivity contribution in [3.63, 3.8) is 0 Å². The number of aromatic nitrogens is 3. The molecule has 0 atom stereocenters. The average Bonchev–Trinajstić information content (AvgIpc) is 3.35. The van der Waals surface area contributed by atoms with E-state index >= 15 is 0 Å². The van der Waals surface area contributed by atoms with E-state index in [1.165, 1.54) is 0 Å². The molecular weight excluding hydrogens is 338 g/mol. The molecule has 0 unspecified atom stereocenters. The van der Waals surface area contributed by atoms with Crippen molar-refractivity contribution in [2.75, 3.05) is 38.2 Å². The lowest BCUT2D eigenvalue weighted by atomic mass is 10.2. The number of piperazine rings is 1. The fourth-order valence-corrected chi connectivity index (χ4v) is 3.54. The molecule has 1 aromatic carbocycles. The van der Waals surface area contributed by atoms with Crippen LogP contribution in [0.25, 0.3) is 11.5 Å². The smallest absolute Gasteiger partial charge is 0.257 e. The van der Waals surface area contributed by atoms with Crippen molar-refractivity contribution in [1.82, 2.24) is 20.0 Å². The van der Waals surface area contributed by atoms with E-state index in [1.54, 1.807) is 18.4 Å². The van der Waals surface area contributed by atoms with Crippen molar-refractivity contribution in [1.29, 1.82) is 0 Å². The topological polar surface area (TPSA) is 67.5 Å². The van der Waals surface area contributed by atoms with Crippen molar-refractivity contribution < 1.29 is 9.26 Å². The van der Waals surface area contributed by atoms with Crippen molar-refractivity contribution in [2.45, 2.75) is 6.54 Å². The fraction of sp³-hybridized carbons (Fsp3) is 0.353. The maximum Gasteiger partial charge on any atom is 0.257 e. The van der Waals surface area contributed by atoms with Crippen LogP contribution in [0.15, 0.2) is 40.4 Å². The molecule has 8 heteroatoms. The largest absolute Gasteiger partial charge is 0.497 e. The molecule has 3 heterocycles. The van der Waals surface area contributed by atoms with Gasteiger partial charge in [-0.3, -0.25) is 4.90 Å². The second-order valence-corrected chi connectivity index (χ2v) is 6.70. The molecule has 1 fully saturated rings. The Morgan fingerprint density at radius 2 is 1.96 bits per heavy atom. The number of thiazole rings is 1. The van der Waals surface area contributed by atoms with Crippen LogP contribution in [0.4, 0.5) is 5.13 Å². The summed E-state index contributed by atoms with van der Waals surface area (Å²) >= 11 is 1.69. The molecule has 25 heavy (non-hydrogen) atoms. The Balaban J connectivity index is 1.35. The standard InChI is InChI=1S/C17H19N5O2S/c1-23-14-4-2-13(3-5-14)16-19-15(20-24-16)12-21-7-9-22(10-8-21)17-18-6-11-25-17/h2-6,11H,7-10,12H2,1H3. The Hall–Kier alpha value is -2.45. The van der Waals surface area contributed by atoms with Crippen molar-refractivity contribution in [2.24, 2.45) is 0 Å². The summed E-state index contributed by atoms with van der Waals surface area (Å²) in [7, 11) is 1.65. The summed E-state index contributed by atoms with van der Waals surface area (Å²) in [5, 5.41) is 7.23. The third-order valence-corrected chi connectivity index (χ3v) is 5.06. The molecular formula is C17H19N5O2S. The summed E-state index contributed by atoms with van der Waals surface area (Å²) in [6, 6.07) is 7.61. The summed E-state index contributed by atoms with van der Waals surface area (Å²) in [4.78, 5) is 13.5. The summed E-state index contributed by atoms with van der Waals surface area (Å²) in [5.74, 6) is 2.06. The van der Waals surface area contributed by atoms with Gasteiger partial charge in [-0.1, -0.05) is 5.16 Å². The second kappa shape index (κ2) is 7.20. The third-order valence-electron chi connectivity index (χ3n) is 4.23. The van der Waals surface area contributed by atoms with Gasteiger partial charge in [0.15, 0.2) is 11.0 Å². The van der Waals surface area contributed by atoms with Crippen LogP contribution in [0, 0.1) is 0 Å². The zero-order valence-electron chi connectivity index (χ0n) is 14.0. The maximum absolute atomic E-state index is 5.40. The molecule has 0 amide bonds. The van der Waals surface area contributed by atoms with Crippen molar-refractivity contribution in [3.05, 3.63) is 41.7 Å². The van der Waals surface area contributed by atoms with Gasteiger partial charge < -0.3 is 14.2 Å². The first-order valence-electron chi connectivity index (χ1n) is 8.15. The average molecular weight is 357 g/mol. The van der Waals surface area contributed by atoms with E-state index < -0.39 is 0 Å². The number of ether oxygens (including phenoxy) is 1. The van der Waals surface area contributed by atoms with Crippen LogP contribution in [0.1, 0.15) is 5.82 Å². The van der Waals surface area contributed by atoms with Crippen molar-refractivity contribution in [3.8, 4) is 17.2 Å². The van der Waals surface area contributed by atoms with Gasteiger partial charge in [0, 0.05) is 43.3 Å².